The Morgan fingerprint density at radius 3 is 2.55 bits per heavy atom. The van der Waals surface area contributed by atoms with E-state index in [1.165, 1.54) is 16.9 Å². The van der Waals surface area contributed by atoms with Crippen LogP contribution in [-0.2, 0) is 6.42 Å². The van der Waals surface area contributed by atoms with Crippen LogP contribution in [0.4, 0.5) is 5.69 Å². The van der Waals surface area contributed by atoms with Crippen LogP contribution in [0.5, 0.6) is 0 Å². The molecule has 0 aliphatic rings. The minimum atomic E-state index is -0.202. The van der Waals surface area contributed by atoms with Crippen LogP contribution in [0.15, 0.2) is 42.5 Å². The molecule has 0 atom stereocenters. The summed E-state index contributed by atoms with van der Waals surface area (Å²) >= 11 is 13.7. The Morgan fingerprint density at radius 1 is 1.14 bits per heavy atom. The van der Waals surface area contributed by atoms with E-state index in [0.717, 1.165) is 22.2 Å². The quantitative estimate of drug-likeness (QED) is 0.615. The molecule has 0 bridgehead atoms. The molecule has 0 saturated heterocycles. The number of thiophene rings is 1. The van der Waals surface area contributed by atoms with Gasteiger partial charge in [-0.15, -0.1) is 11.3 Å². The summed E-state index contributed by atoms with van der Waals surface area (Å²) in [4.78, 5) is 12.9. The average molecular weight is 350 g/mol. The van der Waals surface area contributed by atoms with Crippen molar-refractivity contribution < 1.29 is 4.79 Å². The third-order valence-corrected chi connectivity index (χ3v) is 5.31. The van der Waals surface area contributed by atoms with Crippen LogP contribution < -0.4 is 5.32 Å². The Kier molecular flexibility index (Phi) is 4.39. The van der Waals surface area contributed by atoms with Gasteiger partial charge >= 0.3 is 0 Å². The summed E-state index contributed by atoms with van der Waals surface area (Å²) in [5, 5.41) is 4.83. The van der Waals surface area contributed by atoms with Crippen LogP contribution in [0.1, 0.15) is 22.2 Å². The van der Waals surface area contributed by atoms with Crippen molar-refractivity contribution in [2.75, 3.05) is 5.32 Å². The van der Waals surface area contributed by atoms with E-state index in [1.807, 2.05) is 36.4 Å². The molecular formula is C17H13Cl2NOS. The highest BCUT2D eigenvalue weighted by molar-refractivity contribution is 7.21. The molecule has 3 aromatic rings. The zero-order chi connectivity index (χ0) is 15.7. The number of halogens is 2. The summed E-state index contributed by atoms with van der Waals surface area (Å²) in [6, 6.07) is 13.2. The minimum Gasteiger partial charge on any atom is -0.321 e. The van der Waals surface area contributed by atoms with Gasteiger partial charge in [-0.05, 0) is 36.2 Å². The molecule has 1 aromatic heterocycles. The molecule has 3 rings (SSSR count). The number of hydrogen-bond acceptors (Lipinski definition) is 2. The van der Waals surface area contributed by atoms with E-state index in [4.69, 9.17) is 23.2 Å². The van der Waals surface area contributed by atoms with Crippen molar-refractivity contribution in [2.24, 2.45) is 0 Å². The fraction of sp³-hybridized carbons (Fsp3) is 0.118. The Hall–Kier alpha value is -1.55. The van der Waals surface area contributed by atoms with E-state index < -0.39 is 0 Å². The monoisotopic (exact) mass is 349 g/mol. The lowest BCUT2D eigenvalue weighted by Crippen LogP contribution is -2.10. The lowest BCUT2D eigenvalue weighted by Gasteiger charge is -2.05. The molecule has 0 unspecified atom stereocenters. The van der Waals surface area contributed by atoms with E-state index in [9.17, 15) is 4.79 Å². The van der Waals surface area contributed by atoms with Gasteiger partial charge in [0.2, 0.25) is 0 Å². The molecule has 0 radical (unpaired) electrons. The summed E-state index contributed by atoms with van der Waals surface area (Å²) in [6.45, 7) is 2.09. The van der Waals surface area contributed by atoms with Crippen LogP contribution in [0, 0.1) is 0 Å². The normalized spacial score (nSPS) is 10.9. The fourth-order valence-electron chi connectivity index (χ4n) is 2.20. The Bertz CT molecular complexity index is 840. The summed E-state index contributed by atoms with van der Waals surface area (Å²) in [6.07, 6.45) is 0.969. The molecule has 5 heteroatoms. The molecule has 112 valence electrons. The maximum absolute atomic E-state index is 12.4. The van der Waals surface area contributed by atoms with Crippen LogP contribution in [0.2, 0.25) is 10.0 Å². The molecule has 2 nitrogen and oxygen atoms in total. The standard InChI is InChI=1S/C17H13Cl2NOS/c1-2-10-3-6-12(7-4-10)20-17(21)16-15(19)13-8-5-11(18)9-14(13)22-16/h3-9H,2H2,1H3,(H,20,21). The number of nitrogens with one attached hydrogen (secondary N) is 1. The molecule has 1 N–H and O–H groups in total. The van der Waals surface area contributed by atoms with Gasteiger partial charge in [-0.1, -0.05) is 48.3 Å². The molecular weight excluding hydrogens is 337 g/mol. The SMILES string of the molecule is CCc1ccc(NC(=O)c2sc3cc(Cl)ccc3c2Cl)cc1. The lowest BCUT2D eigenvalue weighted by molar-refractivity contribution is 0.103. The number of aryl methyl sites for hydroxylation is 1. The molecule has 0 spiro atoms. The van der Waals surface area contributed by atoms with E-state index in [-0.39, 0.29) is 5.91 Å². The smallest absolute Gasteiger partial charge is 0.267 e. The molecule has 1 amide bonds. The van der Waals surface area contributed by atoms with Crippen LogP contribution >= 0.6 is 34.5 Å². The molecule has 1 heterocycles. The van der Waals surface area contributed by atoms with E-state index in [2.05, 4.69) is 12.2 Å². The van der Waals surface area contributed by atoms with Crippen molar-refractivity contribution in [3.63, 3.8) is 0 Å². The van der Waals surface area contributed by atoms with Crippen molar-refractivity contribution in [2.45, 2.75) is 13.3 Å². The predicted octanol–water partition coefficient (Wildman–Crippen LogP) is 6.02. The minimum absolute atomic E-state index is 0.202. The van der Waals surface area contributed by atoms with Crippen molar-refractivity contribution in [3.8, 4) is 0 Å². The van der Waals surface area contributed by atoms with E-state index in [1.54, 1.807) is 6.07 Å². The number of anilines is 1. The third-order valence-electron chi connectivity index (χ3n) is 3.42. The van der Waals surface area contributed by atoms with Gasteiger partial charge in [0.05, 0.1) is 5.02 Å². The molecule has 0 aliphatic carbocycles. The van der Waals surface area contributed by atoms with Gasteiger partial charge < -0.3 is 5.32 Å². The number of benzene rings is 2. The average Bonchev–Trinajstić information content (AvgIpc) is 2.84. The highest BCUT2D eigenvalue weighted by atomic mass is 35.5. The summed E-state index contributed by atoms with van der Waals surface area (Å²) in [5.74, 6) is -0.202. The Labute approximate surface area is 142 Å². The van der Waals surface area contributed by atoms with Crippen molar-refractivity contribution in [3.05, 3.63) is 63.0 Å². The third kappa shape index (κ3) is 2.98. The van der Waals surface area contributed by atoms with Gasteiger partial charge in [0.1, 0.15) is 4.88 Å². The first-order chi connectivity index (χ1) is 10.6. The van der Waals surface area contributed by atoms with Crippen LogP contribution in [0.3, 0.4) is 0 Å². The molecule has 2 aromatic carbocycles. The van der Waals surface area contributed by atoms with Crippen molar-refractivity contribution >= 4 is 56.2 Å². The summed E-state index contributed by atoms with van der Waals surface area (Å²) in [7, 11) is 0. The number of carbonyl (C=O) groups is 1. The summed E-state index contributed by atoms with van der Waals surface area (Å²) < 4.78 is 0.906. The first-order valence-electron chi connectivity index (χ1n) is 6.86. The number of amides is 1. The van der Waals surface area contributed by atoms with Crippen LogP contribution in [0.25, 0.3) is 10.1 Å². The number of fused-ring (bicyclic) bond motifs is 1. The van der Waals surface area contributed by atoms with Crippen LogP contribution in [-0.4, -0.2) is 5.91 Å². The summed E-state index contributed by atoms with van der Waals surface area (Å²) in [5.41, 5.74) is 1.99. The van der Waals surface area contributed by atoms with E-state index >= 15 is 0 Å². The highest BCUT2D eigenvalue weighted by Crippen LogP contribution is 2.37. The van der Waals surface area contributed by atoms with Crippen molar-refractivity contribution in [1.82, 2.24) is 0 Å². The Morgan fingerprint density at radius 2 is 1.86 bits per heavy atom. The number of hydrogen-bond donors (Lipinski definition) is 1. The van der Waals surface area contributed by atoms with Crippen molar-refractivity contribution in [1.29, 1.82) is 0 Å². The van der Waals surface area contributed by atoms with Gasteiger partial charge in [-0.3, -0.25) is 4.79 Å². The zero-order valence-corrected chi connectivity index (χ0v) is 14.1. The van der Waals surface area contributed by atoms with Gasteiger partial charge in [-0.25, -0.2) is 0 Å². The van der Waals surface area contributed by atoms with Gasteiger partial charge in [0.25, 0.3) is 5.91 Å². The molecule has 0 saturated carbocycles. The second-order valence-corrected chi connectivity index (χ2v) is 6.76. The first kappa shape index (κ1) is 15.3. The topological polar surface area (TPSA) is 29.1 Å². The maximum Gasteiger partial charge on any atom is 0.267 e. The largest absolute Gasteiger partial charge is 0.321 e. The van der Waals surface area contributed by atoms with Gasteiger partial charge in [0, 0.05) is 20.8 Å². The zero-order valence-electron chi connectivity index (χ0n) is 11.8. The van der Waals surface area contributed by atoms with E-state index in [0.29, 0.717) is 14.9 Å². The maximum atomic E-state index is 12.4. The Balaban J connectivity index is 1.89. The number of rotatable bonds is 3. The first-order valence-corrected chi connectivity index (χ1v) is 8.43. The second-order valence-electron chi connectivity index (χ2n) is 4.89. The molecule has 0 fully saturated rings. The second kappa shape index (κ2) is 6.29. The van der Waals surface area contributed by atoms with Gasteiger partial charge in [-0.2, -0.15) is 0 Å². The predicted molar refractivity (Wildman–Crippen MR) is 95.6 cm³/mol. The lowest BCUT2D eigenvalue weighted by atomic mass is 10.1. The highest BCUT2D eigenvalue weighted by Gasteiger charge is 2.17. The number of carbonyl (C=O) groups excluding carboxylic acids is 1. The molecule has 0 aliphatic heterocycles. The fourth-order valence-corrected chi connectivity index (χ4v) is 3.89. The van der Waals surface area contributed by atoms with Gasteiger partial charge in [0.15, 0.2) is 0 Å². The molecule has 22 heavy (non-hydrogen) atoms.